The zero-order valence-corrected chi connectivity index (χ0v) is 22.3. The highest BCUT2D eigenvalue weighted by atomic mass is 79.9. The molecule has 0 saturated heterocycles. The minimum atomic E-state index is -0.603. The molecule has 0 aliphatic carbocycles. The van der Waals surface area contributed by atoms with Crippen LogP contribution >= 0.6 is 15.9 Å². The maximum Gasteiger partial charge on any atom is 0.311 e. The number of halogens is 1. The number of anilines is 1. The van der Waals surface area contributed by atoms with Gasteiger partial charge in [0.1, 0.15) is 5.82 Å². The number of amides is 1. The maximum atomic E-state index is 13.3. The monoisotopic (exact) mass is 577 g/mol. The lowest BCUT2D eigenvalue weighted by Crippen LogP contribution is -2.23. The molecular formula is C27H24BrN5O5. The minimum Gasteiger partial charge on any atom is -0.476 e. The molecule has 0 fully saturated rings. The number of fused-ring (bicyclic) bond motifs is 1. The lowest BCUT2D eigenvalue weighted by atomic mass is 10.2. The highest BCUT2D eigenvalue weighted by Gasteiger charge is 2.20. The van der Waals surface area contributed by atoms with E-state index in [1.54, 1.807) is 36.4 Å². The summed E-state index contributed by atoms with van der Waals surface area (Å²) in [6.45, 7) is 3.42. The van der Waals surface area contributed by atoms with E-state index in [-0.39, 0.29) is 22.6 Å². The van der Waals surface area contributed by atoms with Crippen LogP contribution in [0.1, 0.15) is 30.3 Å². The van der Waals surface area contributed by atoms with Crippen LogP contribution in [0, 0.1) is 17.0 Å². The molecule has 0 spiro atoms. The Hall–Kier alpha value is -4.38. The van der Waals surface area contributed by atoms with Gasteiger partial charge >= 0.3 is 5.69 Å². The van der Waals surface area contributed by atoms with E-state index in [1.807, 2.05) is 26.0 Å². The number of para-hydroxylation sites is 1. The van der Waals surface area contributed by atoms with E-state index in [2.05, 4.69) is 31.3 Å². The van der Waals surface area contributed by atoms with Gasteiger partial charge in [-0.2, -0.15) is 9.78 Å². The zero-order chi connectivity index (χ0) is 27.2. The van der Waals surface area contributed by atoms with Gasteiger partial charge in [0, 0.05) is 28.2 Å². The van der Waals surface area contributed by atoms with Crippen LogP contribution in [0.25, 0.3) is 10.9 Å². The molecule has 1 heterocycles. The van der Waals surface area contributed by atoms with Crippen molar-refractivity contribution in [2.75, 3.05) is 11.9 Å². The largest absolute Gasteiger partial charge is 0.476 e. The van der Waals surface area contributed by atoms with Crippen molar-refractivity contribution in [3.8, 4) is 5.75 Å². The van der Waals surface area contributed by atoms with E-state index in [9.17, 15) is 19.7 Å². The average molecular weight is 578 g/mol. The molecule has 0 atom stereocenters. The summed E-state index contributed by atoms with van der Waals surface area (Å²) >= 11 is 3.37. The summed E-state index contributed by atoms with van der Waals surface area (Å²) in [5.74, 6) is -0.170. The van der Waals surface area contributed by atoms with Crippen molar-refractivity contribution < 1.29 is 14.5 Å². The highest BCUT2D eigenvalue weighted by molar-refractivity contribution is 9.10. The number of hydrogen-bond donors (Lipinski definition) is 1. The maximum absolute atomic E-state index is 13.3. The molecule has 0 saturated carbocycles. The molecular weight excluding hydrogens is 554 g/mol. The van der Waals surface area contributed by atoms with Gasteiger partial charge in [0.25, 0.3) is 11.5 Å². The van der Waals surface area contributed by atoms with E-state index in [0.29, 0.717) is 28.8 Å². The van der Waals surface area contributed by atoms with Crippen LogP contribution in [0.2, 0.25) is 0 Å². The van der Waals surface area contributed by atoms with Crippen LogP contribution in [-0.4, -0.2) is 33.3 Å². The van der Waals surface area contributed by atoms with Crippen molar-refractivity contribution in [1.82, 2.24) is 9.66 Å². The number of ether oxygens (including phenoxy) is 1. The molecule has 4 aromatic rings. The Labute approximate surface area is 226 Å². The van der Waals surface area contributed by atoms with Crippen molar-refractivity contribution in [2.45, 2.75) is 26.7 Å². The first-order chi connectivity index (χ1) is 18.3. The quantitative estimate of drug-likeness (QED) is 0.165. The van der Waals surface area contributed by atoms with Gasteiger partial charge in [-0.15, -0.1) is 0 Å². The molecule has 194 valence electrons. The van der Waals surface area contributed by atoms with Gasteiger partial charge in [-0.1, -0.05) is 46.6 Å². The van der Waals surface area contributed by atoms with E-state index < -0.39 is 17.4 Å². The lowest BCUT2D eigenvalue weighted by Gasteiger charge is -2.11. The second-order valence-electron chi connectivity index (χ2n) is 8.46. The topological polar surface area (TPSA) is 129 Å². The van der Waals surface area contributed by atoms with Crippen molar-refractivity contribution in [1.29, 1.82) is 0 Å². The summed E-state index contributed by atoms with van der Waals surface area (Å²) < 4.78 is 7.52. The predicted molar refractivity (Wildman–Crippen MR) is 149 cm³/mol. The molecule has 3 aromatic carbocycles. The minimum absolute atomic E-state index is 0.137. The molecule has 1 aromatic heterocycles. The summed E-state index contributed by atoms with van der Waals surface area (Å²) in [7, 11) is 0. The summed E-state index contributed by atoms with van der Waals surface area (Å²) in [6.07, 6.45) is 2.52. The van der Waals surface area contributed by atoms with Gasteiger partial charge in [-0.3, -0.25) is 19.7 Å². The molecule has 1 N–H and O–H groups in total. The number of aromatic nitrogens is 2. The van der Waals surface area contributed by atoms with Gasteiger partial charge in [0.05, 0.1) is 22.0 Å². The van der Waals surface area contributed by atoms with Crippen LogP contribution in [0.3, 0.4) is 0 Å². The van der Waals surface area contributed by atoms with Crippen LogP contribution in [0.4, 0.5) is 11.4 Å². The standard InChI is InChI=1S/C27H24BrN5O5/c1-3-5-24-31-22-13-10-19(28)14-21(22)27(35)32(24)29-15-18-6-4-7-23(33(36)37)26(18)38-16-25(34)30-20-11-8-17(2)9-12-20/h4,6-15H,3,5,16H2,1-2H3,(H,30,34). The van der Waals surface area contributed by atoms with Gasteiger partial charge < -0.3 is 10.1 Å². The number of hydrogen-bond acceptors (Lipinski definition) is 7. The molecule has 0 unspecified atom stereocenters. The van der Waals surface area contributed by atoms with E-state index in [0.717, 1.165) is 16.5 Å². The van der Waals surface area contributed by atoms with E-state index in [4.69, 9.17) is 4.74 Å². The molecule has 1 amide bonds. The van der Waals surface area contributed by atoms with Crippen molar-refractivity contribution in [3.63, 3.8) is 0 Å². The van der Waals surface area contributed by atoms with Crippen molar-refractivity contribution in [3.05, 3.63) is 103 Å². The first-order valence-electron chi connectivity index (χ1n) is 11.8. The number of aryl methyl sites for hydroxylation is 2. The third-order valence-corrected chi connectivity index (χ3v) is 6.06. The second kappa shape index (κ2) is 11.8. The van der Waals surface area contributed by atoms with Crippen LogP contribution < -0.4 is 15.6 Å². The fraction of sp³-hybridized carbons (Fsp3) is 0.185. The second-order valence-corrected chi connectivity index (χ2v) is 9.37. The number of benzene rings is 3. The summed E-state index contributed by atoms with van der Waals surface area (Å²) in [5, 5.41) is 19.1. The Bertz CT molecular complexity index is 1600. The number of nitrogens with zero attached hydrogens (tertiary/aromatic N) is 4. The number of nitro benzene ring substituents is 1. The smallest absolute Gasteiger partial charge is 0.311 e. The molecule has 0 radical (unpaired) electrons. The van der Waals surface area contributed by atoms with E-state index in [1.165, 1.54) is 23.0 Å². The Morgan fingerprint density at radius 2 is 1.97 bits per heavy atom. The van der Waals surface area contributed by atoms with Crippen LogP contribution in [-0.2, 0) is 11.2 Å². The number of nitrogens with one attached hydrogen (secondary N) is 1. The normalized spacial score (nSPS) is 11.1. The van der Waals surface area contributed by atoms with Crippen molar-refractivity contribution >= 4 is 50.3 Å². The van der Waals surface area contributed by atoms with E-state index >= 15 is 0 Å². The molecule has 38 heavy (non-hydrogen) atoms. The molecule has 10 nitrogen and oxygen atoms in total. The third kappa shape index (κ3) is 6.12. The number of rotatable bonds is 9. The average Bonchev–Trinajstić information content (AvgIpc) is 2.89. The Balaban J connectivity index is 1.67. The van der Waals surface area contributed by atoms with Gasteiger partial charge in [-0.05, 0) is 49.7 Å². The summed E-state index contributed by atoms with van der Waals surface area (Å²) in [5.41, 5.74) is 1.68. The molecule has 11 heteroatoms. The predicted octanol–water partition coefficient (Wildman–Crippen LogP) is 5.23. The number of nitro groups is 1. The first kappa shape index (κ1) is 26.7. The lowest BCUT2D eigenvalue weighted by molar-refractivity contribution is -0.385. The third-order valence-electron chi connectivity index (χ3n) is 5.57. The molecule has 0 aliphatic heterocycles. The van der Waals surface area contributed by atoms with Gasteiger partial charge in [-0.25, -0.2) is 4.98 Å². The molecule has 0 aliphatic rings. The number of carbonyl (C=O) groups is 1. The zero-order valence-electron chi connectivity index (χ0n) is 20.7. The van der Waals surface area contributed by atoms with Crippen LogP contribution in [0.15, 0.2) is 75.0 Å². The summed E-state index contributed by atoms with van der Waals surface area (Å²) in [6, 6.07) is 16.7. The highest BCUT2D eigenvalue weighted by Crippen LogP contribution is 2.30. The van der Waals surface area contributed by atoms with Crippen molar-refractivity contribution in [2.24, 2.45) is 5.10 Å². The first-order valence-corrected chi connectivity index (χ1v) is 12.6. The Morgan fingerprint density at radius 1 is 1.21 bits per heavy atom. The molecule has 4 rings (SSSR count). The van der Waals surface area contributed by atoms with Gasteiger partial charge in [0.2, 0.25) is 5.75 Å². The van der Waals surface area contributed by atoms with Gasteiger partial charge in [0.15, 0.2) is 6.61 Å². The summed E-state index contributed by atoms with van der Waals surface area (Å²) in [4.78, 5) is 41.4. The van der Waals surface area contributed by atoms with Crippen LogP contribution in [0.5, 0.6) is 5.75 Å². The fourth-order valence-electron chi connectivity index (χ4n) is 3.74. The molecule has 0 bridgehead atoms. The Morgan fingerprint density at radius 3 is 2.68 bits per heavy atom. The SMILES string of the molecule is CCCc1nc2ccc(Br)cc2c(=O)n1N=Cc1cccc([N+](=O)[O-])c1OCC(=O)Nc1ccc(C)cc1. The number of carbonyl (C=O) groups excluding carboxylic acids is 1. The fourth-order valence-corrected chi connectivity index (χ4v) is 4.10. The Kier molecular flexibility index (Phi) is 8.27.